The Morgan fingerprint density at radius 2 is 2.00 bits per heavy atom. The Balaban J connectivity index is 1.48. The molecule has 4 rings (SSSR count). The summed E-state index contributed by atoms with van der Waals surface area (Å²) >= 11 is 6.69. The third-order valence-electron chi connectivity index (χ3n) is 4.86. The van der Waals surface area contributed by atoms with Gasteiger partial charge in [-0.1, -0.05) is 29.8 Å². The van der Waals surface area contributed by atoms with Gasteiger partial charge in [-0.2, -0.15) is 5.26 Å². The molecule has 1 N–H and O–H groups in total. The lowest BCUT2D eigenvalue weighted by molar-refractivity contribution is -0.127. The molecule has 0 saturated carbocycles. The Kier molecular flexibility index (Phi) is 6.36. The van der Waals surface area contributed by atoms with Crippen molar-refractivity contribution in [3.8, 4) is 17.4 Å². The zero-order chi connectivity index (χ0) is 23.5. The Morgan fingerprint density at radius 1 is 1.21 bits per heavy atom. The highest BCUT2D eigenvalue weighted by molar-refractivity contribution is 8.18. The van der Waals surface area contributed by atoms with Crippen LogP contribution in [0.25, 0.3) is 17.4 Å². The van der Waals surface area contributed by atoms with Gasteiger partial charge < -0.3 is 9.73 Å². The number of thioether (sulfide) groups is 1. The van der Waals surface area contributed by atoms with Gasteiger partial charge >= 0.3 is 0 Å². The topological polar surface area (TPSA) is 103 Å². The Labute approximate surface area is 198 Å². The monoisotopic (exact) mass is 477 g/mol. The molecule has 33 heavy (non-hydrogen) atoms. The summed E-state index contributed by atoms with van der Waals surface area (Å²) in [5, 5.41) is 11.9. The molecule has 0 unspecified atom stereocenters. The fraction of sp³-hybridized carbons (Fsp3) is 0.0833. The number of nitrogens with one attached hydrogen (secondary N) is 1. The van der Waals surface area contributed by atoms with Gasteiger partial charge in [0, 0.05) is 22.3 Å². The lowest BCUT2D eigenvalue weighted by atomic mass is 10.1. The molecule has 0 aliphatic carbocycles. The van der Waals surface area contributed by atoms with Crippen molar-refractivity contribution < 1.29 is 18.8 Å². The molecule has 3 aromatic rings. The Morgan fingerprint density at radius 3 is 2.79 bits per heavy atom. The summed E-state index contributed by atoms with van der Waals surface area (Å²) in [6.07, 6.45) is 1.45. The number of nitrogens with zero attached hydrogens (tertiary/aromatic N) is 2. The number of hydrogen-bond acceptors (Lipinski definition) is 6. The van der Waals surface area contributed by atoms with E-state index in [1.807, 2.05) is 0 Å². The van der Waals surface area contributed by atoms with Gasteiger partial charge in [0.05, 0.1) is 16.5 Å². The summed E-state index contributed by atoms with van der Waals surface area (Å²) in [7, 11) is 0. The predicted molar refractivity (Wildman–Crippen MR) is 126 cm³/mol. The van der Waals surface area contributed by atoms with Gasteiger partial charge in [0.1, 0.15) is 18.1 Å². The molecule has 164 valence electrons. The van der Waals surface area contributed by atoms with Gasteiger partial charge in [0.15, 0.2) is 0 Å². The number of aryl methyl sites for hydroxylation is 1. The summed E-state index contributed by atoms with van der Waals surface area (Å²) in [6, 6.07) is 17.5. The number of carbonyl (C=O) groups is 3. The number of imide groups is 1. The number of carbonyl (C=O) groups excluding carboxylic acids is 3. The molecule has 0 bridgehead atoms. The number of anilines is 1. The zero-order valence-electron chi connectivity index (χ0n) is 17.3. The smallest absolute Gasteiger partial charge is 0.294 e. The molecule has 9 heteroatoms. The van der Waals surface area contributed by atoms with Gasteiger partial charge in [0.2, 0.25) is 5.91 Å². The lowest BCUT2D eigenvalue weighted by Gasteiger charge is -2.13. The van der Waals surface area contributed by atoms with E-state index in [-0.39, 0.29) is 4.91 Å². The maximum absolute atomic E-state index is 12.7. The highest BCUT2D eigenvalue weighted by Crippen LogP contribution is 2.34. The van der Waals surface area contributed by atoms with Crippen molar-refractivity contribution in [1.82, 2.24) is 4.90 Å². The molecule has 0 atom stereocenters. The van der Waals surface area contributed by atoms with E-state index < -0.39 is 23.6 Å². The van der Waals surface area contributed by atoms with Crippen molar-refractivity contribution in [2.45, 2.75) is 6.92 Å². The van der Waals surface area contributed by atoms with Crippen molar-refractivity contribution in [1.29, 1.82) is 5.26 Å². The lowest BCUT2D eigenvalue weighted by Crippen LogP contribution is -2.36. The zero-order valence-corrected chi connectivity index (χ0v) is 18.9. The molecular weight excluding hydrogens is 462 g/mol. The second-order valence-electron chi connectivity index (χ2n) is 7.13. The predicted octanol–water partition coefficient (Wildman–Crippen LogP) is 5.46. The number of benzene rings is 2. The van der Waals surface area contributed by atoms with E-state index in [1.54, 1.807) is 61.5 Å². The van der Waals surface area contributed by atoms with Crippen molar-refractivity contribution in [2.75, 3.05) is 11.9 Å². The van der Waals surface area contributed by atoms with E-state index >= 15 is 0 Å². The number of rotatable bonds is 5. The minimum absolute atomic E-state index is 0.140. The van der Waals surface area contributed by atoms with E-state index in [4.69, 9.17) is 16.0 Å². The highest BCUT2D eigenvalue weighted by atomic mass is 35.5. The van der Waals surface area contributed by atoms with E-state index in [9.17, 15) is 19.6 Å². The van der Waals surface area contributed by atoms with Gasteiger partial charge in [-0.25, -0.2) is 0 Å². The molecule has 0 spiro atoms. The molecule has 1 saturated heterocycles. The van der Waals surface area contributed by atoms with Crippen LogP contribution in [0.3, 0.4) is 0 Å². The normalized spacial score (nSPS) is 14.6. The molecular formula is C24H16ClN3O4S. The van der Waals surface area contributed by atoms with E-state index in [0.717, 1.165) is 22.2 Å². The van der Waals surface area contributed by atoms with E-state index in [2.05, 4.69) is 11.4 Å². The van der Waals surface area contributed by atoms with Gasteiger partial charge in [-0.3, -0.25) is 19.3 Å². The first kappa shape index (κ1) is 22.4. The van der Waals surface area contributed by atoms with Gasteiger partial charge in [-0.15, -0.1) is 0 Å². The van der Waals surface area contributed by atoms with Crippen LogP contribution in [0.15, 0.2) is 63.9 Å². The maximum Gasteiger partial charge on any atom is 0.294 e. The van der Waals surface area contributed by atoms with Crippen LogP contribution in [-0.4, -0.2) is 28.5 Å². The van der Waals surface area contributed by atoms with Crippen LogP contribution < -0.4 is 5.32 Å². The Bertz CT molecular complexity index is 1360. The van der Waals surface area contributed by atoms with Crippen molar-refractivity contribution >= 4 is 52.2 Å². The molecule has 1 fully saturated rings. The molecule has 2 heterocycles. The maximum atomic E-state index is 12.7. The first-order chi connectivity index (χ1) is 15.9. The first-order valence-corrected chi connectivity index (χ1v) is 11.0. The Hall–Kier alpha value is -3.80. The van der Waals surface area contributed by atoms with Gasteiger partial charge in [0.25, 0.3) is 11.1 Å². The number of nitriles is 1. The molecule has 7 nitrogen and oxygen atoms in total. The van der Waals surface area contributed by atoms with Crippen LogP contribution in [0.5, 0.6) is 0 Å². The fourth-order valence-corrected chi connectivity index (χ4v) is 4.19. The second-order valence-corrected chi connectivity index (χ2v) is 8.56. The van der Waals surface area contributed by atoms with Crippen molar-refractivity contribution in [3.05, 3.63) is 81.4 Å². The average Bonchev–Trinajstić information content (AvgIpc) is 3.36. The summed E-state index contributed by atoms with van der Waals surface area (Å²) in [5.74, 6) is -0.285. The summed E-state index contributed by atoms with van der Waals surface area (Å²) in [5.41, 5.74) is 2.39. The van der Waals surface area contributed by atoms with Crippen LogP contribution in [0.2, 0.25) is 5.02 Å². The summed E-state index contributed by atoms with van der Waals surface area (Å²) < 4.78 is 5.76. The molecule has 1 aromatic heterocycles. The van der Waals surface area contributed by atoms with Crippen molar-refractivity contribution in [3.63, 3.8) is 0 Å². The number of furan rings is 1. The molecule has 1 aliphatic heterocycles. The average molecular weight is 478 g/mol. The number of hydrogen-bond donors (Lipinski definition) is 1. The quantitative estimate of drug-likeness (QED) is 0.490. The van der Waals surface area contributed by atoms with Crippen LogP contribution in [0, 0.1) is 18.3 Å². The molecule has 1 aliphatic rings. The summed E-state index contributed by atoms with van der Waals surface area (Å²) in [6.45, 7) is 1.38. The van der Waals surface area contributed by atoms with Crippen LogP contribution in [0.4, 0.5) is 10.5 Å². The summed E-state index contributed by atoms with van der Waals surface area (Å²) in [4.78, 5) is 38.6. The van der Waals surface area contributed by atoms with Crippen LogP contribution >= 0.6 is 23.4 Å². The van der Waals surface area contributed by atoms with E-state index in [1.165, 1.54) is 6.08 Å². The first-order valence-electron chi connectivity index (χ1n) is 9.76. The third kappa shape index (κ3) is 4.85. The fourth-order valence-electron chi connectivity index (χ4n) is 3.20. The third-order valence-corrected chi connectivity index (χ3v) is 6.00. The van der Waals surface area contributed by atoms with Crippen LogP contribution in [-0.2, 0) is 9.59 Å². The molecule has 0 radical (unpaired) electrons. The number of halogens is 1. The van der Waals surface area contributed by atoms with Crippen LogP contribution in [0.1, 0.15) is 16.9 Å². The number of amides is 3. The minimum Gasteiger partial charge on any atom is -0.457 e. The minimum atomic E-state index is -0.585. The van der Waals surface area contributed by atoms with Gasteiger partial charge in [-0.05, 0) is 60.6 Å². The molecule has 3 amide bonds. The van der Waals surface area contributed by atoms with E-state index in [0.29, 0.717) is 33.4 Å². The second kappa shape index (κ2) is 9.36. The largest absolute Gasteiger partial charge is 0.457 e. The standard InChI is InChI=1S/C24H16ClN3O4S/c1-14-6-7-16(25)10-19(14)27-22(29)13-28-23(30)21(33-24(28)31)11-17-8-9-20(32-17)18-5-3-2-4-15(18)12-26/h2-11H,13H2,1H3,(H,27,29)/b21-11+. The highest BCUT2D eigenvalue weighted by Gasteiger charge is 2.36. The SMILES string of the molecule is Cc1ccc(Cl)cc1NC(=O)CN1C(=O)S/C(=C/c2ccc(-c3ccccc3C#N)o2)C1=O. The van der Waals surface area contributed by atoms with Crippen molar-refractivity contribution in [2.24, 2.45) is 0 Å². The molecule has 2 aromatic carbocycles.